The van der Waals surface area contributed by atoms with Crippen molar-refractivity contribution in [1.29, 1.82) is 0 Å². The van der Waals surface area contributed by atoms with Crippen molar-refractivity contribution in [2.75, 3.05) is 0 Å². The molecule has 0 N–H and O–H groups in total. The van der Waals surface area contributed by atoms with Crippen LogP contribution in [0.5, 0.6) is 0 Å². The van der Waals surface area contributed by atoms with Gasteiger partial charge in [-0.2, -0.15) is 0 Å². The highest BCUT2D eigenvalue weighted by Gasteiger charge is 1.91. The Morgan fingerprint density at radius 2 is 1.43 bits per heavy atom. The van der Waals surface area contributed by atoms with Crippen LogP contribution in [0.1, 0.15) is 44.9 Å². The molecule has 14 heavy (non-hydrogen) atoms. The number of rotatable bonds is 11. The minimum Gasteiger partial charge on any atom is -0.103 e. The highest BCUT2D eigenvalue weighted by Crippen LogP contribution is 2.09. The maximum absolute atomic E-state index is 3.76. The van der Waals surface area contributed by atoms with Gasteiger partial charge < -0.3 is 0 Å². The second-order valence-electron chi connectivity index (χ2n) is 3.98. The minimum atomic E-state index is 0.232. The van der Waals surface area contributed by atoms with Crippen LogP contribution in [0.4, 0.5) is 0 Å². The number of hydrogen-bond donors (Lipinski definition) is 0. The summed E-state index contributed by atoms with van der Waals surface area (Å²) in [5.41, 5.74) is 0. The molecule has 0 aliphatic rings. The fourth-order valence-electron chi connectivity index (χ4n) is 1.64. The Morgan fingerprint density at radius 3 is 2.07 bits per heavy atom. The molecule has 82 valence electrons. The van der Waals surface area contributed by atoms with Crippen molar-refractivity contribution >= 4 is 9.52 Å². The topological polar surface area (TPSA) is 0 Å². The largest absolute Gasteiger partial charge is 0.103 e. The van der Waals surface area contributed by atoms with Crippen molar-refractivity contribution in [3.8, 4) is 0 Å². The molecule has 0 radical (unpaired) electrons. The minimum absolute atomic E-state index is 0.232. The van der Waals surface area contributed by atoms with Crippen molar-refractivity contribution < 1.29 is 0 Å². The van der Waals surface area contributed by atoms with Crippen molar-refractivity contribution in [1.82, 2.24) is 0 Å². The molecule has 0 aliphatic heterocycles. The number of hydrogen-bond acceptors (Lipinski definition) is 0. The smallest absolute Gasteiger partial charge is 0.0239 e. The zero-order valence-corrected chi connectivity index (χ0v) is 11.1. The molecular weight excluding hydrogens is 184 g/mol. The lowest BCUT2D eigenvalue weighted by atomic mass is 10.1. The monoisotopic (exact) mass is 210 g/mol. The van der Waals surface area contributed by atoms with E-state index in [4.69, 9.17) is 0 Å². The second-order valence-corrected chi connectivity index (χ2v) is 5.97. The molecule has 0 amide bonds. The summed E-state index contributed by atoms with van der Waals surface area (Å²) < 4.78 is 0. The molecule has 1 heteroatoms. The predicted octanol–water partition coefficient (Wildman–Crippen LogP) is 4.09. The molecule has 0 heterocycles. The Kier molecular flexibility index (Phi) is 12.4. The first-order chi connectivity index (χ1) is 6.91. The van der Waals surface area contributed by atoms with Gasteiger partial charge in [0.2, 0.25) is 0 Å². The van der Waals surface area contributed by atoms with Crippen LogP contribution in [-0.2, 0) is 0 Å². The molecule has 0 spiro atoms. The van der Waals surface area contributed by atoms with Gasteiger partial charge in [-0.25, -0.2) is 0 Å². The summed E-state index contributed by atoms with van der Waals surface area (Å²) in [6.45, 7) is 7.50. The molecule has 0 rings (SSSR count). The third-order valence-electron chi connectivity index (χ3n) is 2.57. The van der Waals surface area contributed by atoms with Crippen LogP contribution in [-0.4, -0.2) is 9.52 Å². The molecule has 0 aromatic rings. The lowest BCUT2D eigenvalue weighted by molar-refractivity contribution is 0.611. The Hall–Kier alpha value is -0.303. The lowest BCUT2D eigenvalue weighted by Gasteiger charge is -2.00. The third-order valence-corrected chi connectivity index (χ3v) is 4.38. The molecule has 0 nitrogen and oxygen atoms in total. The molecule has 0 saturated heterocycles. The van der Waals surface area contributed by atoms with Crippen LogP contribution in [0, 0.1) is 0 Å². The highest BCUT2D eigenvalue weighted by atomic mass is 28.2. The molecule has 0 unspecified atom stereocenters. The molecule has 0 fully saturated rings. The average Bonchev–Trinajstić information content (AvgIpc) is 2.21. The van der Waals surface area contributed by atoms with Crippen LogP contribution in [0.2, 0.25) is 12.1 Å². The average molecular weight is 210 g/mol. The highest BCUT2D eigenvalue weighted by molar-refractivity contribution is 6.35. The summed E-state index contributed by atoms with van der Waals surface area (Å²) in [7, 11) is 0.232. The Labute approximate surface area is 92.3 Å². The predicted molar refractivity (Wildman–Crippen MR) is 70.9 cm³/mol. The molecule has 0 aromatic heterocycles. The van der Waals surface area contributed by atoms with E-state index in [0.29, 0.717) is 0 Å². The van der Waals surface area contributed by atoms with Crippen molar-refractivity contribution in [2.24, 2.45) is 0 Å². The van der Waals surface area contributed by atoms with Crippen molar-refractivity contribution in [2.45, 2.75) is 57.0 Å². The molecular formula is C13H26Si. The van der Waals surface area contributed by atoms with Crippen LogP contribution in [0.3, 0.4) is 0 Å². The van der Waals surface area contributed by atoms with Crippen LogP contribution >= 0.6 is 0 Å². The van der Waals surface area contributed by atoms with Gasteiger partial charge in [0.1, 0.15) is 0 Å². The molecule has 0 aromatic carbocycles. The Balaban J connectivity index is 2.84. The fourth-order valence-corrected chi connectivity index (χ4v) is 2.92. The second kappa shape index (κ2) is 12.7. The van der Waals surface area contributed by atoms with E-state index in [2.05, 4.69) is 19.2 Å². The van der Waals surface area contributed by atoms with E-state index in [1.165, 1.54) is 57.0 Å². The van der Waals surface area contributed by atoms with Crippen LogP contribution < -0.4 is 0 Å². The van der Waals surface area contributed by atoms with Gasteiger partial charge in [0.15, 0.2) is 0 Å². The van der Waals surface area contributed by atoms with Gasteiger partial charge in [-0.05, 0) is 18.9 Å². The summed E-state index contributed by atoms with van der Waals surface area (Å²) in [4.78, 5) is 0. The maximum Gasteiger partial charge on any atom is 0.0239 e. The Morgan fingerprint density at radius 1 is 0.786 bits per heavy atom. The summed E-state index contributed by atoms with van der Waals surface area (Å²) in [5, 5.41) is 0. The van der Waals surface area contributed by atoms with Gasteiger partial charge in [-0.15, -0.1) is 13.2 Å². The first-order valence-electron chi connectivity index (χ1n) is 6.13. The first-order valence-corrected chi connectivity index (χ1v) is 8.13. The van der Waals surface area contributed by atoms with E-state index < -0.39 is 0 Å². The van der Waals surface area contributed by atoms with Gasteiger partial charge in [-0.3, -0.25) is 0 Å². The van der Waals surface area contributed by atoms with Gasteiger partial charge in [-0.1, -0.05) is 50.3 Å². The molecule has 0 bridgehead atoms. The maximum atomic E-state index is 3.76. The van der Waals surface area contributed by atoms with Crippen LogP contribution in [0.15, 0.2) is 25.3 Å². The zero-order chi connectivity index (χ0) is 10.5. The summed E-state index contributed by atoms with van der Waals surface area (Å²) >= 11 is 0. The van der Waals surface area contributed by atoms with E-state index in [0.717, 1.165) is 0 Å². The molecule has 0 atom stereocenters. The SMILES string of the molecule is C=CCCCCCCCC[SiH2]CC=C. The normalized spacial score (nSPS) is 10.9. The summed E-state index contributed by atoms with van der Waals surface area (Å²) in [6, 6.07) is 2.86. The summed E-state index contributed by atoms with van der Waals surface area (Å²) in [6.07, 6.45) is 13.9. The quantitative estimate of drug-likeness (QED) is 0.274. The Bertz CT molecular complexity index is 113. The van der Waals surface area contributed by atoms with E-state index in [1.807, 2.05) is 6.08 Å². The van der Waals surface area contributed by atoms with Crippen molar-refractivity contribution in [3.05, 3.63) is 25.3 Å². The van der Waals surface area contributed by atoms with E-state index in [9.17, 15) is 0 Å². The molecule has 0 saturated carbocycles. The third kappa shape index (κ3) is 11.7. The zero-order valence-electron chi connectivity index (χ0n) is 9.64. The van der Waals surface area contributed by atoms with Gasteiger partial charge in [0.25, 0.3) is 0 Å². The van der Waals surface area contributed by atoms with E-state index >= 15 is 0 Å². The van der Waals surface area contributed by atoms with E-state index in [1.54, 1.807) is 0 Å². The number of unbranched alkanes of at least 4 members (excludes halogenated alkanes) is 6. The molecule has 0 aliphatic carbocycles. The fraction of sp³-hybridized carbons (Fsp3) is 0.692. The lowest BCUT2D eigenvalue weighted by Crippen LogP contribution is -1.86. The first kappa shape index (κ1) is 13.7. The summed E-state index contributed by atoms with van der Waals surface area (Å²) in [5.74, 6) is 0. The standard InChI is InChI=1S/C13H26Si/c1-3-5-6-7-8-9-10-11-13-14-12-4-2/h3-4H,1-2,5-14H2. The van der Waals surface area contributed by atoms with Gasteiger partial charge in [0.05, 0.1) is 0 Å². The van der Waals surface area contributed by atoms with Crippen LogP contribution in [0.25, 0.3) is 0 Å². The number of allylic oxidation sites excluding steroid dienone is 2. The van der Waals surface area contributed by atoms with Crippen molar-refractivity contribution in [3.63, 3.8) is 0 Å². The van der Waals surface area contributed by atoms with Gasteiger partial charge in [0, 0.05) is 9.52 Å². The van der Waals surface area contributed by atoms with Gasteiger partial charge >= 0.3 is 0 Å². The van der Waals surface area contributed by atoms with E-state index in [-0.39, 0.29) is 9.52 Å².